The van der Waals surface area contributed by atoms with Gasteiger partial charge in [-0.05, 0) is 13.3 Å². The molecule has 4 unspecified atom stereocenters. The Morgan fingerprint density at radius 3 is 2.34 bits per heavy atom. The van der Waals surface area contributed by atoms with Gasteiger partial charge in [-0.15, -0.1) is 0 Å². The number of methoxy groups -OCH3 is 1. The van der Waals surface area contributed by atoms with E-state index in [1.54, 1.807) is 27.7 Å². The molecule has 2 heterocycles. The van der Waals surface area contributed by atoms with Gasteiger partial charge in [0.1, 0.15) is 12.7 Å². The molecule has 1 amide bonds. The number of hydrogen-bond donors (Lipinski definition) is 1. The molecule has 1 N–H and O–H groups in total. The van der Waals surface area contributed by atoms with Crippen LogP contribution in [0.2, 0.25) is 0 Å². The highest BCUT2D eigenvalue weighted by atomic mass is 16.7. The van der Waals surface area contributed by atoms with E-state index in [4.69, 9.17) is 28.4 Å². The number of cyclic esters (lactones) is 2. The van der Waals surface area contributed by atoms with Crippen molar-refractivity contribution in [2.45, 2.75) is 98.3 Å². The average molecular weight is 623 g/mol. The Kier molecular flexibility index (Phi) is 14.9. The van der Waals surface area contributed by atoms with E-state index in [9.17, 15) is 24.0 Å². The zero-order valence-electron chi connectivity index (χ0n) is 26.7. The quantitative estimate of drug-likeness (QED) is 0.130. The molecule has 2 rings (SSSR count). The van der Waals surface area contributed by atoms with Crippen molar-refractivity contribution >= 4 is 29.8 Å². The van der Waals surface area contributed by atoms with Gasteiger partial charge < -0.3 is 33.7 Å². The van der Waals surface area contributed by atoms with E-state index in [1.807, 2.05) is 0 Å². The van der Waals surface area contributed by atoms with E-state index in [0.717, 1.165) is 25.7 Å². The van der Waals surface area contributed by atoms with Gasteiger partial charge in [-0.3, -0.25) is 19.2 Å². The van der Waals surface area contributed by atoms with E-state index >= 15 is 0 Å². The molecule has 0 radical (unpaired) electrons. The molecule has 13 nitrogen and oxygen atoms in total. The summed E-state index contributed by atoms with van der Waals surface area (Å²) in [5, 5.41) is 2.48. The molecule has 0 saturated carbocycles. The normalized spacial score (nSPS) is 20.5. The summed E-state index contributed by atoms with van der Waals surface area (Å²) < 4.78 is 32.6. The van der Waals surface area contributed by atoms with Crippen molar-refractivity contribution in [2.75, 3.05) is 20.5 Å². The first-order valence-corrected chi connectivity index (χ1v) is 15.1. The number of amides is 1. The number of rotatable bonds is 15. The summed E-state index contributed by atoms with van der Waals surface area (Å²) in [7, 11) is 1.35. The Hall–Kier alpha value is -3.90. The van der Waals surface area contributed by atoms with Crippen LogP contribution in [0.3, 0.4) is 0 Å². The lowest BCUT2D eigenvalue weighted by Gasteiger charge is -2.29. The maximum Gasteiger partial charge on any atom is 0.332 e. The summed E-state index contributed by atoms with van der Waals surface area (Å²) in [6, 6.07) is 0.0213. The van der Waals surface area contributed by atoms with Gasteiger partial charge in [0.05, 0.1) is 24.9 Å². The van der Waals surface area contributed by atoms with Crippen LogP contribution in [0.5, 0.6) is 11.5 Å². The number of aromatic nitrogens is 1. The molecule has 1 aromatic heterocycles. The van der Waals surface area contributed by atoms with Gasteiger partial charge in [0.15, 0.2) is 29.3 Å². The summed E-state index contributed by atoms with van der Waals surface area (Å²) in [6.07, 6.45) is 4.26. The Labute approximate surface area is 258 Å². The molecule has 44 heavy (non-hydrogen) atoms. The third-order valence-electron chi connectivity index (χ3n) is 6.97. The summed E-state index contributed by atoms with van der Waals surface area (Å²) in [4.78, 5) is 68.3. The third kappa shape index (κ3) is 10.7. The van der Waals surface area contributed by atoms with Crippen LogP contribution in [0.1, 0.15) is 90.6 Å². The van der Waals surface area contributed by atoms with Crippen molar-refractivity contribution in [3.8, 4) is 11.5 Å². The second-order valence-corrected chi connectivity index (χ2v) is 11.2. The molecular formula is C31H46N2O11. The van der Waals surface area contributed by atoms with Crippen molar-refractivity contribution in [3.63, 3.8) is 0 Å². The molecule has 1 saturated heterocycles. The molecule has 13 heteroatoms. The van der Waals surface area contributed by atoms with Gasteiger partial charge in [0.25, 0.3) is 5.91 Å². The maximum absolute atomic E-state index is 13.3. The van der Waals surface area contributed by atoms with Gasteiger partial charge in [-0.1, -0.05) is 66.7 Å². The second-order valence-electron chi connectivity index (χ2n) is 11.2. The predicted molar refractivity (Wildman–Crippen MR) is 157 cm³/mol. The lowest BCUT2D eigenvalue weighted by molar-refractivity contribution is -0.177. The zero-order valence-corrected chi connectivity index (χ0v) is 26.7. The Balaban J connectivity index is 2.27. The van der Waals surface area contributed by atoms with Crippen molar-refractivity contribution in [3.05, 3.63) is 18.0 Å². The van der Waals surface area contributed by atoms with E-state index in [0.29, 0.717) is 12.8 Å². The second kappa shape index (κ2) is 18.0. The van der Waals surface area contributed by atoms with E-state index in [2.05, 4.69) is 17.2 Å². The first kappa shape index (κ1) is 36.3. The largest absolute Gasteiger partial charge is 0.493 e. The van der Waals surface area contributed by atoms with Crippen molar-refractivity contribution in [1.82, 2.24) is 10.3 Å². The summed E-state index contributed by atoms with van der Waals surface area (Å²) in [5.74, 6) is -5.23. The lowest BCUT2D eigenvalue weighted by atomic mass is 9.91. The molecule has 1 fully saturated rings. The van der Waals surface area contributed by atoms with Crippen LogP contribution < -0.4 is 14.8 Å². The van der Waals surface area contributed by atoms with Gasteiger partial charge >= 0.3 is 23.9 Å². The third-order valence-corrected chi connectivity index (χ3v) is 6.97. The molecule has 1 aliphatic rings. The molecule has 1 aromatic rings. The number of nitrogens with one attached hydrogen (secondary N) is 1. The van der Waals surface area contributed by atoms with Crippen LogP contribution >= 0.6 is 0 Å². The van der Waals surface area contributed by atoms with Gasteiger partial charge in [-0.2, -0.15) is 0 Å². The summed E-state index contributed by atoms with van der Waals surface area (Å²) in [6.45, 7) is 9.23. The zero-order chi connectivity index (χ0) is 32.8. The molecule has 246 valence electrons. The van der Waals surface area contributed by atoms with Crippen LogP contribution in [0.4, 0.5) is 0 Å². The molecule has 0 spiro atoms. The molecule has 1 aliphatic heterocycles. The Morgan fingerprint density at radius 1 is 1.02 bits per heavy atom. The number of carbonyl (C=O) groups excluding carboxylic acids is 5. The van der Waals surface area contributed by atoms with Crippen molar-refractivity contribution in [2.24, 2.45) is 17.8 Å². The van der Waals surface area contributed by atoms with Crippen molar-refractivity contribution < 1.29 is 52.4 Å². The van der Waals surface area contributed by atoms with Crippen LogP contribution in [0, 0.1) is 17.8 Å². The lowest BCUT2D eigenvalue weighted by Crippen LogP contribution is -2.47. The molecular weight excluding hydrogens is 576 g/mol. The predicted octanol–water partition coefficient (Wildman–Crippen LogP) is 3.76. The topological polar surface area (TPSA) is 166 Å². The highest BCUT2D eigenvalue weighted by Gasteiger charge is 2.42. The van der Waals surface area contributed by atoms with Crippen LogP contribution in [0.25, 0.3) is 0 Å². The molecule has 0 aromatic carbocycles. The van der Waals surface area contributed by atoms with Crippen LogP contribution in [-0.4, -0.2) is 73.5 Å². The highest BCUT2D eigenvalue weighted by Crippen LogP contribution is 2.30. The van der Waals surface area contributed by atoms with E-state index < -0.39 is 79.2 Å². The number of unbranched alkanes of at least 4 members (excludes halogenated alkanes) is 4. The van der Waals surface area contributed by atoms with Crippen LogP contribution in [-0.2, 0) is 38.1 Å². The number of carbonyl (C=O) groups is 5. The number of esters is 4. The minimum atomic E-state index is -1.42. The number of nitrogens with zero attached hydrogens (tertiary/aromatic N) is 1. The molecule has 0 aliphatic carbocycles. The monoisotopic (exact) mass is 622 g/mol. The minimum absolute atomic E-state index is 0.124. The van der Waals surface area contributed by atoms with Gasteiger partial charge in [0, 0.05) is 12.3 Å². The maximum atomic E-state index is 13.3. The fourth-order valence-electron chi connectivity index (χ4n) is 4.37. The summed E-state index contributed by atoms with van der Waals surface area (Å²) in [5.41, 5.74) is -0.273. The smallest absolute Gasteiger partial charge is 0.332 e. The Bertz CT molecular complexity index is 1140. The summed E-state index contributed by atoms with van der Waals surface area (Å²) >= 11 is 0. The highest BCUT2D eigenvalue weighted by molar-refractivity contribution is 5.98. The fourth-order valence-corrected chi connectivity index (χ4v) is 4.37. The first-order valence-electron chi connectivity index (χ1n) is 15.1. The average Bonchev–Trinajstić information content (AvgIpc) is 3.02. The van der Waals surface area contributed by atoms with E-state index in [-0.39, 0.29) is 17.2 Å². The van der Waals surface area contributed by atoms with Crippen molar-refractivity contribution in [1.29, 1.82) is 0 Å². The van der Waals surface area contributed by atoms with Crippen LogP contribution in [0.15, 0.2) is 12.3 Å². The Morgan fingerprint density at radius 2 is 1.70 bits per heavy atom. The van der Waals surface area contributed by atoms with Gasteiger partial charge in [0.2, 0.25) is 6.79 Å². The SMILES string of the molecule is CCCCCCCC1C(=O)OCC(NC(=O)c2nccc(OC)c2OCOC(=O)C(C)C)C(=O)OC(C)C1OC(=O)C(C)C. The number of hydrogen-bond acceptors (Lipinski definition) is 12. The van der Waals surface area contributed by atoms with Gasteiger partial charge in [-0.25, -0.2) is 9.78 Å². The number of pyridine rings is 1. The number of ether oxygens (including phenoxy) is 6. The van der Waals surface area contributed by atoms with E-state index in [1.165, 1.54) is 26.3 Å². The molecule has 0 bridgehead atoms. The molecule has 4 atom stereocenters. The standard InChI is InChI=1S/C31H46N2O11/c1-8-9-10-11-12-13-21-25(44-29(36)19(4)5)20(6)43-31(38)22(16-40-30(21)37)33-27(34)24-26(23(39-7)14-15-32-24)41-17-42-28(35)18(2)3/h14-15,18-22,25H,8-13,16-17H2,1-7H3,(H,33,34). The first-order chi connectivity index (χ1) is 20.9. The minimum Gasteiger partial charge on any atom is -0.493 e. The fraction of sp³-hybridized carbons (Fsp3) is 0.677.